The first-order valence-electron chi connectivity index (χ1n) is 13.7. The van der Waals surface area contributed by atoms with Gasteiger partial charge in [0.15, 0.2) is 6.61 Å². The Labute approximate surface area is 224 Å². The highest BCUT2D eigenvalue weighted by molar-refractivity contribution is 5.88. The first-order valence-corrected chi connectivity index (χ1v) is 13.7. The smallest absolute Gasteiger partial charge is 0.344 e. The average Bonchev–Trinajstić information content (AvgIpc) is 3.24. The molecule has 1 unspecified atom stereocenters. The van der Waals surface area contributed by atoms with E-state index in [2.05, 4.69) is 27.4 Å². The number of carbonyl (C=O) groups is 2. The van der Waals surface area contributed by atoms with E-state index < -0.39 is 53.5 Å². The zero-order valence-electron chi connectivity index (χ0n) is 22.9. The number of halogens is 1. The quantitative estimate of drug-likeness (QED) is 0.304. The number of ether oxygens (including phenoxy) is 2. The zero-order chi connectivity index (χ0) is 27.9. The minimum atomic E-state index is -0.744. The zero-order valence-corrected chi connectivity index (χ0v) is 22.9. The molecule has 0 amide bonds. The van der Waals surface area contributed by atoms with E-state index in [-0.39, 0.29) is 23.2 Å². The number of esters is 2. The second kappa shape index (κ2) is 10.6. The van der Waals surface area contributed by atoms with Gasteiger partial charge in [0.05, 0.1) is 12.2 Å². The molecule has 2 N–H and O–H groups in total. The predicted molar refractivity (Wildman–Crippen MR) is 142 cm³/mol. The summed E-state index contributed by atoms with van der Waals surface area (Å²) in [6.45, 7) is 11.8. The summed E-state index contributed by atoms with van der Waals surface area (Å²) in [7, 11) is 0. The maximum absolute atomic E-state index is 13.4. The van der Waals surface area contributed by atoms with Crippen LogP contribution in [0, 0.1) is 39.8 Å². The van der Waals surface area contributed by atoms with E-state index in [4.69, 9.17) is 9.47 Å². The Morgan fingerprint density at radius 3 is 2.58 bits per heavy atom. The monoisotopic (exact) mass is 528 g/mol. The van der Waals surface area contributed by atoms with E-state index in [1.165, 1.54) is 24.3 Å². The van der Waals surface area contributed by atoms with Crippen molar-refractivity contribution in [3.63, 3.8) is 0 Å². The summed E-state index contributed by atoms with van der Waals surface area (Å²) in [6.07, 6.45) is 6.09. The Hall–Kier alpha value is -2.51. The van der Waals surface area contributed by atoms with Crippen molar-refractivity contribution in [3.05, 3.63) is 54.4 Å². The molecular formula is C31H41FO6. The molecule has 38 heavy (non-hydrogen) atoms. The highest BCUT2D eigenvalue weighted by Gasteiger charge is 2.68. The van der Waals surface area contributed by atoms with Crippen LogP contribution < -0.4 is 0 Å². The van der Waals surface area contributed by atoms with E-state index in [1.54, 1.807) is 12.1 Å². The van der Waals surface area contributed by atoms with Gasteiger partial charge >= 0.3 is 11.9 Å². The predicted octanol–water partition coefficient (Wildman–Crippen LogP) is 5.08. The summed E-state index contributed by atoms with van der Waals surface area (Å²) >= 11 is 0. The fourth-order valence-electron chi connectivity index (χ4n) is 7.94. The van der Waals surface area contributed by atoms with Gasteiger partial charge in [0.1, 0.15) is 11.9 Å². The highest BCUT2D eigenvalue weighted by atomic mass is 19.1. The standard InChI is InChI=1S/C31H41FO6/c1-6-29(4)17-24(38-26(35)18-37-25(34)11-10-21-8-7-9-22(32)16-21)30(5)19(2)12-14-31(20(3)28(29)36)15-13-23(33)27(30)31/h6-11,16,19-20,23-24,27-28,33,36H,1,12-15,17-18H2,2-5H3/b11-10+/t19-,20+,23?,24-,27+,28+,29-,30+,31+/m1/s1. The van der Waals surface area contributed by atoms with Crippen LogP contribution in [0.4, 0.5) is 4.39 Å². The molecule has 2 bridgehead atoms. The molecule has 0 aromatic heterocycles. The molecule has 0 spiro atoms. The Morgan fingerprint density at radius 1 is 1.18 bits per heavy atom. The fraction of sp³-hybridized carbons (Fsp3) is 0.613. The Morgan fingerprint density at radius 2 is 1.89 bits per heavy atom. The third-order valence-corrected chi connectivity index (χ3v) is 10.4. The first-order chi connectivity index (χ1) is 17.9. The lowest BCUT2D eigenvalue weighted by Crippen LogP contribution is -2.63. The van der Waals surface area contributed by atoms with Crippen molar-refractivity contribution in [2.24, 2.45) is 34.0 Å². The molecule has 0 aliphatic heterocycles. The van der Waals surface area contributed by atoms with Crippen LogP contribution in [0.1, 0.15) is 65.4 Å². The largest absolute Gasteiger partial charge is 0.459 e. The molecule has 9 atom stereocenters. The molecule has 6 nitrogen and oxygen atoms in total. The summed E-state index contributed by atoms with van der Waals surface area (Å²) in [6, 6.07) is 5.76. The molecule has 3 fully saturated rings. The molecule has 7 heteroatoms. The molecule has 0 radical (unpaired) electrons. The van der Waals surface area contributed by atoms with Gasteiger partial charge in [-0.05, 0) is 79.0 Å². The number of hydrogen-bond acceptors (Lipinski definition) is 6. The highest BCUT2D eigenvalue weighted by Crippen LogP contribution is 2.68. The van der Waals surface area contributed by atoms with E-state index in [1.807, 2.05) is 6.92 Å². The molecule has 0 heterocycles. The van der Waals surface area contributed by atoms with Gasteiger partial charge in [-0.25, -0.2) is 14.0 Å². The molecule has 3 saturated carbocycles. The molecule has 3 aliphatic carbocycles. The van der Waals surface area contributed by atoms with Crippen molar-refractivity contribution in [2.75, 3.05) is 6.61 Å². The molecule has 4 rings (SSSR count). The van der Waals surface area contributed by atoms with E-state index in [0.29, 0.717) is 18.4 Å². The lowest BCUT2D eigenvalue weighted by molar-refractivity contribution is -0.220. The van der Waals surface area contributed by atoms with Crippen molar-refractivity contribution >= 4 is 18.0 Å². The van der Waals surface area contributed by atoms with Gasteiger partial charge in [-0.2, -0.15) is 0 Å². The van der Waals surface area contributed by atoms with Gasteiger partial charge in [0, 0.05) is 16.9 Å². The van der Waals surface area contributed by atoms with Gasteiger partial charge in [-0.3, -0.25) is 0 Å². The Bertz CT molecular complexity index is 1100. The number of aliphatic hydroxyl groups is 2. The van der Waals surface area contributed by atoms with Crippen molar-refractivity contribution in [1.29, 1.82) is 0 Å². The van der Waals surface area contributed by atoms with Crippen LogP contribution >= 0.6 is 0 Å². The van der Waals surface area contributed by atoms with Crippen LogP contribution in [0.2, 0.25) is 0 Å². The van der Waals surface area contributed by atoms with E-state index >= 15 is 0 Å². The van der Waals surface area contributed by atoms with Crippen molar-refractivity contribution < 1.29 is 33.7 Å². The number of benzene rings is 1. The second-order valence-electron chi connectivity index (χ2n) is 12.2. The minimum Gasteiger partial charge on any atom is -0.459 e. The Kier molecular flexibility index (Phi) is 7.93. The van der Waals surface area contributed by atoms with Gasteiger partial charge in [-0.1, -0.05) is 45.9 Å². The number of carbonyl (C=O) groups excluding carboxylic acids is 2. The van der Waals surface area contributed by atoms with E-state index in [0.717, 1.165) is 25.3 Å². The SMILES string of the molecule is C=C[C@]1(C)C[C@@H](OC(=O)COC(=O)/C=C/c2cccc(F)c2)[C@]2(C)[C@H](C)CC[C@]3(CCC(O)[C@H]32)[C@@H](C)[C@@H]1O. The normalized spacial score (nSPS) is 40.6. The molecular weight excluding hydrogens is 487 g/mol. The minimum absolute atomic E-state index is 0.0537. The number of rotatable bonds is 6. The fourth-order valence-corrected chi connectivity index (χ4v) is 7.94. The molecule has 208 valence electrons. The van der Waals surface area contributed by atoms with Crippen molar-refractivity contribution in [2.45, 2.75) is 78.1 Å². The summed E-state index contributed by atoms with van der Waals surface area (Å²) in [5.41, 5.74) is -1.01. The summed E-state index contributed by atoms with van der Waals surface area (Å²) in [5.74, 6) is -1.87. The van der Waals surface area contributed by atoms with Gasteiger partial charge in [0.2, 0.25) is 0 Å². The van der Waals surface area contributed by atoms with Gasteiger partial charge in [-0.15, -0.1) is 6.58 Å². The van der Waals surface area contributed by atoms with Crippen molar-refractivity contribution in [1.82, 2.24) is 0 Å². The first kappa shape index (κ1) is 28.5. The summed E-state index contributed by atoms with van der Waals surface area (Å²) < 4.78 is 24.6. The van der Waals surface area contributed by atoms with Crippen LogP contribution in [0.5, 0.6) is 0 Å². The molecule has 1 aromatic rings. The number of aliphatic hydroxyl groups excluding tert-OH is 2. The third kappa shape index (κ3) is 4.84. The molecule has 3 aliphatic rings. The topological polar surface area (TPSA) is 93.1 Å². The lowest BCUT2D eigenvalue weighted by atomic mass is 9.43. The van der Waals surface area contributed by atoms with Crippen LogP contribution in [0.15, 0.2) is 43.0 Å². The van der Waals surface area contributed by atoms with Crippen LogP contribution in [0.25, 0.3) is 6.08 Å². The maximum Gasteiger partial charge on any atom is 0.344 e. The van der Waals surface area contributed by atoms with Gasteiger partial charge in [0.25, 0.3) is 0 Å². The Balaban J connectivity index is 1.56. The summed E-state index contributed by atoms with van der Waals surface area (Å²) in [5, 5.41) is 22.9. The third-order valence-electron chi connectivity index (χ3n) is 10.4. The van der Waals surface area contributed by atoms with Gasteiger partial charge < -0.3 is 19.7 Å². The second-order valence-corrected chi connectivity index (χ2v) is 12.2. The van der Waals surface area contributed by atoms with Crippen molar-refractivity contribution in [3.8, 4) is 0 Å². The van der Waals surface area contributed by atoms with Crippen LogP contribution in [-0.4, -0.2) is 47.1 Å². The van der Waals surface area contributed by atoms with Crippen LogP contribution in [-0.2, 0) is 19.1 Å². The summed E-state index contributed by atoms with van der Waals surface area (Å²) in [4.78, 5) is 25.3. The lowest BCUT2D eigenvalue weighted by Gasteiger charge is -2.63. The number of hydrogen-bond donors (Lipinski definition) is 2. The van der Waals surface area contributed by atoms with E-state index in [9.17, 15) is 24.2 Å². The maximum atomic E-state index is 13.4. The average molecular weight is 529 g/mol. The molecule has 1 aromatic carbocycles. The molecule has 0 saturated heterocycles. The van der Waals surface area contributed by atoms with Crippen LogP contribution in [0.3, 0.4) is 0 Å².